The summed E-state index contributed by atoms with van der Waals surface area (Å²) in [7, 11) is 0. The quantitative estimate of drug-likeness (QED) is 0.824. The monoisotopic (exact) mass is 217 g/mol. The van der Waals surface area contributed by atoms with E-state index in [0.29, 0.717) is 11.5 Å². The van der Waals surface area contributed by atoms with Gasteiger partial charge in [0.25, 0.3) is 0 Å². The second-order valence-corrected chi connectivity index (χ2v) is 3.60. The number of aryl methyl sites for hydroxylation is 2. The Hall–Kier alpha value is -2.04. The van der Waals surface area contributed by atoms with E-state index in [-0.39, 0.29) is 0 Å². The van der Waals surface area contributed by atoms with Gasteiger partial charge in [-0.15, -0.1) is 0 Å². The van der Waals surface area contributed by atoms with E-state index in [1.54, 1.807) is 12.4 Å². The Bertz CT molecular complexity index is 489. The number of nitrogens with zero attached hydrogens (tertiary/aromatic N) is 3. The molecule has 0 aliphatic carbocycles. The number of nitrogens with one attached hydrogen (secondary N) is 1. The van der Waals surface area contributed by atoms with Crippen molar-refractivity contribution in [1.29, 1.82) is 0 Å². The van der Waals surface area contributed by atoms with E-state index in [9.17, 15) is 0 Å². The summed E-state index contributed by atoms with van der Waals surface area (Å²) in [6.07, 6.45) is 5.41. The zero-order valence-corrected chi connectivity index (χ0v) is 9.44. The second kappa shape index (κ2) is 4.22. The van der Waals surface area contributed by atoms with E-state index in [1.807, 2.05) is 30.8 Å². The Balaban J connectivity index is 2.23. The van der Waals surface area contributed by atoms with Gasteiger partial charge in [-0.05, 0) is 25.5 Å². The maximum atomic E-state index is 5.92. The molecular formula is C11H15N5. The predicted octanol–water partition coefficient (Wildman–Crippen LogP) is 1.93. The number of rotatable bonds is 3. The van der Waals surface area contributed by atoms with Crippen LogP contribution in [0.25, 0.3) is 0 Å². The van der Waals surface area contributed by atoms with Crippen LogP contribution in [0.4, 0.5) is 17.2 Å². The van der Waals surface area contributed by atoms with Crippen molar-refractivity contribution in [2.24, 2.45) is 0 Å². The number of hydrogen-bond acceptors (Lipinski definition) is 4. The third kappa shape index (κ3) is 1.98. The lowest BCUT2D eigenvalue weighted by Crippen LogP contribution is -2.00. The van der Waals surface area contributed by atoms with Gasteiger partial charge in [-0.1, -0.05) is 0 Å². The molecule has 0 saturated carbocycles. The molecule has 5 heteroatoms. The molecule has 0 radical (unpaired) electrons. The largest absolute Gasteiger partial charge is 0.396 e. The highest BCUT2D eigenvalue weighted by Gasteiger charge is 2.04. The molecule has 2 rings (SSSR count). The third-order valence-corrected chi connectivity index (χ3v) is 2.43. The summed E-state index contributed by atoms with van der Waals surface area (Å²) in [5.74, 6) is 0.677. The molecule has 5 nitrogen and oxygen atoms in total. The van der Waals surface area contributed by atoms with Crippen molar-refractivity contribution < 1.29 is 0 Å². The summed E-state index contributed by atoms with van der Waals surface area (Å²) in [4.78, 5) is 4.20. The van der Waals surface area contributed by atoms with E-state index in [0.717, 1.165) is 17.8 Å². The van der Waals surface area contributed by atoms with Gasteiger partial charge in [0, 0.05) is 18.9 Å². The standard InChI is InChI=1S/C11H15N5/c1-3-16-7-9(6-14-16)15-11-10(12)8(2)4-5-13-11/h4-7H,3,12H2,1-2H3,(H,13,15). The van der Waals surface area contributed by atoms with Crippen LogP contribution in [0.5, 0.6) is 0 Å². The molecule has 0 saturated heterocycles. The molecule has 2 aromatic heterocycles. The number of pyridine rings is 1. The molecule has 0 aliphatic rings. The van der Waals surface area contributed by atoms with Crippen molar-refractivity contribution in [3.8, 4) is 0 Å². The van der Waals surface area contributed by atoms with Crippen LogP contribution < -0.4 is 11.1 Å². The van der Waals surface area contributed by atoms with Gasteiger partial charge >= 0.3 is 0 Å². The molecule has 2 aromatic rings. The number of nitrogen functional groups attached to an aromatic ring is 1. The van der Waals surface area contributed by atoms with E-state index in [1.165, 1.54) is 0 Å². The predicted molar refractivity (Wildman–Crippen MR) is 64.6 cm³/mol. The fourth-order valence-corrected chi connectivity index (χ4v) is 1.41. The van der Waals surface area contributed by atoms with Crippen molar-refractivity contribution in [3.05, 3.63) is 30.2 Å². The average Bonchev–Trinajstić information content (AvgIpc) is 2.73. The fraction of sp³-hybridized carbons (Fsp3) is 0.273. The summed E-state index contributed by atoms with van der Waals surface area (Å²) in [5, 5.41) is 7.32. The minimum absolute atomic E-state index is 0.673. The Kier molecular flexibility index (Phi) is 2.76. The molecule has 0 spiro atoms. The smallest absolute Gasteiger partial charge is 0.153 e. The summed E-state index contributed by atoms with van der Waals surface area (Å²) in [6.45, 7) is 4.84. The van der Waals surface area contributed by atoms with Gasteiger partial charge < -0.3 is 11.1 Å². The molecule has 0 unspecified atom stereocenters. The number of anilines is 3. The first-order chi connectivity index (χ1) is 7.70. The molecular weight excluding hydrogens is 202 g/mol. The highest BCUT2D eigenvalue weighted by molar-refractivity contribution is 5.70. The topological polar surface area (TPSA) is 68.8 Å². The van der Waals surface area contributed by atoms with E-state index >= 15 is 0 Å². The summed E-state index contributed by atoms with van der Waals surface area (Å²) >= 11 is 0. The minimum atomic E-state index is 0.673. The molecule has 2 heterocycles. The lowest BCUT2D eigenvalue weighted by Gasteiger charge is -2.07. The molecule has 0 aromatic carbocycles. The van der Waals surface area contributed by atoms with Crippen molar-refractivity contribution in [2.45, 2.75) is 20.4 Å². The van der Waals surface area contributed by atoms with Gasteiger partial charge in [0.2, 0.25) is 0 Å². The normalized spacial score (nSPS) is 10.4. The molecule has 0 bridgehead atoms. The van der Waals surface area contributed by atoms with Crippen LogP contribution in [-0.4, -0.2) is 14.8 Å². The van der Waals surface area contributed by atoms with Crippen LogP contribution in [0.3, 0.4) is 0 Å². The van der Waals surface area contributed by atoms with Crippen LogP contribution >= 0.6 is 0 Å². The Morgan fingerprint density at radius 3 is 3.00 bits per heavy atom. The van der Waals surface area contributed by atoms with Gasteiger partial charge in [-0.2, -0.15) is 5.10 Å². The van der Waals surface area contributed by atoms with Crippen molar-refractivity contribution in [1.82, 2.24) is 14.8 Å². The molecule has 0 amide bonds. The minimum Gasteiger partial charge on any atom is -0.396 e. The first-order valence-electron chi connectivity index (χ1n) is 5.21. The van der Waals surface area contributed by atoms with Crippen molar-refractivity contribution in [3.63, 3.8) is 0 Å². The Labute approximate surface area is 94.3 Å². The molecule has 16 heavy (non-hydrogen) atoms. The Morgan fingerprint density at radius 1 is 1.50 bits per heavy atom. The van der Waals surface area contributed by atoms with Crippen LogP contribution in [-0.2, 0) is 6.54 Å². The van der Waals surface area contributed by atoms with Crippen LogP contribution in [0, 0.1) is 6.92 Å². The average molecular weight is 217 g/mol. The first kappa shape index (κ1) is 10.5. The van der Waals surface area contributed by atoms with E-state index < -0.39 is 0 Å². The third-order valence-electron chi connectivity index (χ3n) is 2.43. The summed E-state index contributed by atoms with van der Waals surface area (Å²) < 4.78 is 1.84. The summed E-state index contributed by atoms with van der Waals surface area (Å²) in [6, 6.07) is 1.88. The van der Waals surface area contributed by atoms with Crippen molar-refractivity contribution >= 4 is 17.2 Å². The zero-order chi connectivity index (χ0) is 11.5. The highest BCUT2D eigenvalue weighted by Crippen LogP contribution is 2.22. The van der Waals surface area contributed by atoms with Gasteiger partial charge in [0.1, 0.15) is 0 Å². The number of nitrogens with two attached hydrogens (primary N) is 1. The second-order valence-electron chi connectivity index (χ2n) is 3.60. The van der Waals surface area contributed by atoms with Crippen LogP contribution in [0.2, 0.25) is 0 Å². The zero-order valence-electron chi connectivity index (χ0n) is 9.44. The molecule has 84 valence electrons. The first-order valence-corrected chi connectivity index (χ1v) is 5.21. The van der Waals surface area contributed by atoms with Crippen LogP contribution in [0.1, 0.15) is 12.5 Å². The maximum absolute atomic E-state index is 5.92. The molecule has 0 fully saturated rings. The lowest BCUT2D eigenvalue weighted by atomic mass is 10.2. The SMILES string of the molecule is CCn1cc(Nc2nccc(C)c2N)cn1. The molecule has 0 aliphatic heterocycles. The number of aromatic nitrogens is 3. The van der Waals surface area contributed by atoms with Crippen LogP contribution in [0.15, 0.2) is 24.7 Å². The summed E-state index contributed by atoms with van der Waals surface area (Å²) in [5.41, 5.74) is 8.50. The van der Waals surface area contributed by atoms with E-state index in [2.05, 4.69) is 15.4 Å². The van der Waals surface area contributed by atoms with E-state index in [4.69, 9.17) is 5.73 Å². The van der Waals surface area contributed by atoms with Crippen molar-refractivity contribution in [2.75, 3.05) is 11.1 Å². The number of hydrogen-bond donors (Lipinski definition) is 2. The Morgan fingerprint density at radius 2 is 2.31 bits per heavy atom. The van der Waals surface area contributed by atoms with Gasteiger partial charge in [-0.25, -0.2) is 4.98 Å². The van der Waals surface area contributed by atoms with Gasteiger partial charge in [0.15, 0.2) is 5.82 Å². The van der Waals surface area contributed by atoms with Gasteiger partial charge in [0.05, 0.1) is 17.6 Å². The fourth-order valence-electron chi connectivity index (χ4n) is 1.41. The highest BCUT2D eigenvalue weighted by atomic mass is 15.3. The lowest BCUT2D eigenvalue weighted by molar-refractivity contribution is 0.660. The molecule has 0 atom stereocenters. The maximum Gasteiger partial charge on any atom is 0.153 e. The van der Waals surface area contributed by atoms with Gasteiger partial charge in [-0.3, -0.25) is 4.68 Å². The molecule has 3 N–H and O–H groups in total.